The summed E-state index contributed by atoms with van der Waals surface area (Å²) in [6, 6.07) is 3.09. The van der Waals surface area contributed by atoms with Crippen LogP contribution in [0.15, 0.2) is 12.1 Å². The Morgan fingerprint density at radius 3 is 2.94 bits per heavy atom. The number of nitrogen functional groups attached to an aromatic ring is 1. The highest BCUT2D eigenvalue weighted by Crippen LogP contribution is 2.34. The highest BCUT2D eigenvalue weighted by molar-refractivity contribution is 6.34. The lowest BCUT2D eigenvalue weighted by atomic mass is 10.1. The smallest absolute Gasteiger partial charge is 0.337 e. The minimum atomic E-state index is -1.03. The number of halogens is 1. The summed E-state index contributed by atoms with van der Waals surface area (Å²) in [5, 5.41) is 9.62. The average molecular weight is 271 g/mol. The molecule has 1 saturated heterocycles. The predicted octanol–water partition coefficient (Wildman–Crippen LogP) is 1.85. The van der Waals surface area contributed by atoms with Gasteiger partial charge >= 0.3 is 5.97 Å². The molecule has 1 aromatic rings. The van der Waals surface area contributed by atoms with Crippen molar-refractivity contribution in [2.45, 2.75) is 13.0 Å². The Bertz CT molecular complexity index is 479. The molecule has 0 radical (unpaired) electrons. The molecule has 2 rings (SSSR count). The van der Waals surface area contributed by atoms with Gasteiger partial charge in [-0.15, -0.1) is 0 Å². The maximum absolute atomic E-state index is 11.3. The number of carboxylic acids is 1. The van der Waals surface area contributed by atoms with E-state index in [0.29, 0.717) is 36.2 Å². The minimum Gasteiger partial charge on any atom is -0.478 e. The molecule has 1 aliphatic rings. The summed E-state index contributed by atoms with van der Waals surface area (Å²) >= 11 is 6.15. The summed E-state index contributed by atoms with van der Waals surface area (Å²) in [5.74, 6) is -1.03. The molecule has 18 heavy (non-hydrogen) atoms. The molecule has 1 fully saturated rings. The summed E-state index contributed by atoms with van der Waals surface area (Å²) in [6.07, 6.45) is 0. The van der Waals surface area contributed by atoms with Crippen molar-refractivity contribution in [3.05, 3.63) is 22.7 Å². The van der Waals surface area contributed by atoms with Gasteiger partial charge in [0, 0.05) is 18.3 Å². The lowest BCUT2D eigenvalue weighted by Crippen LogP contribution is -2.44. The van der Waals surface area contributed by atoms with Crippen LogP contribution in [0.4, 0.5) is 11.4 Å². The van der Waals surface area contributed by atoms with Crippen molar-refractivity contribution in [3.63, 3.8) is 0 Å². The van der Waals surface area contributed by atoms with Crippen molar-refractivity contribution in [2.75, 3.05) is 30.4 Å². The topological polar surface area (TPSA) is 75.8 Å². The second-order valence-electron chi connectivity index (χ2n) is 4.32. The number of carboxylic acid groups (broad SMARTS) is 1. The first-order valence-electron chi connectivity index (χ1n) is 5.67. The summed E-state index contributed by atoms with van der Waals surface area (Å²) in [5.41, 5.74) is 6.64. The Kier molecular flexibility index (Phi) is 3.63. The lowest BCUT2D eigenvalue weighted by Gasteiger charge is -2.36. The van der Waals surface area contributed by atoms with E-state index in [1.54, 1.807) is 6.07 Å². The molecule has 5 nitrogen and oxygen atoms in total. The highest BCUT2D eigenvalue weighted by Gasteiger charge is 2.26. The van der Waals surface area contributed by atoms with Crippen LogP contribution < -0.4 is 10.6 Å². The zero-order valence-electron chi connectivity index (χ0n) is 10.0. The zero-order chi connectivity index (χ0) is 13.3. The maximum Gasteiger partial charge on any atom is 0.337 e. The fourth-order valence-corrected chi connectivity index (χ4v) is 2.47. The third kappa shape index (κ3) is 2.37. The molecule has 1 heterocycles. The molecular weight excluding hydrogens is 256 g/mol. The Balaban J connectivity index is 2.51. The first-order chi connectivity index (χ1) is 8.50. The van der Waals surface area contributed by atoms with E-state index in [1.807, 2.05) is 11.8 Å². The van der Waals surface area contributed by atoms with Crippen molar-refractivity contribution < 1.29 is 14.6 Å². The fraction of sp³-hybridized carbons (Fsp3) is 0.417. The number of nitrogens with two attached hydrogens (primary N) is 1. The molecular formula is C12H15ClN2O3. The number of rotatable bonds is 2. The van der Waals surface area contributed by atoms with E-state index in [-0.39, 0.29) is 11.6 Å². The predicted molar refractivity (Wildman–Crippen MR) is 70.5 cm³/mol. The van der Waals surface area contributed by atoms with E-state index < -0.39 is 5.97 Å². The van der Waals surface area contributed by atoms with Gasteiger partial charge in [-0.2, -0.15) is 0 Å². The van der Waals surface area contributed by atoms with Crippen LogP contribution in [0.1, 0.15) is 17.3 Å². The monoisotopic (exact) mass is 270 g/mol. The Hall–Kier alpha value is -1.46. The van der Waals surface area contributed by atoms with Crippen LogP contribution in [0.2, 0.25) is 5.02 Å². The average Bonchev–Trinajstić information content (AvgIpc) is 2.29. The van der Waals surface area contributed by atoms with Gasteiger partial charge in [0.15, 0.2) is 0 Å². The van der Waals surface area contributed by atoms with Crippen LogP contribution in [0.3, 0.4) is 0 Å². The van der Waals surface area contributed by atoms with Gasteiger partial charge in [-0.1, -0.05) is 11.6 Å². The van der Waals surface area contributed by atoms with Crippen molar-refractivity contribution in [1.29, 1.82) is 0 Å². The van der Waals surface area contributed by atoms with Crippen molar-refractivity contribution >= 4 is 28.9 Å². The van der Waals surface area contributed by atoms with E-state index in [4.69, 9.17) is 22.1 Å². The van der Waals surface area contributed by atoms with Crippen LogP contribution in [0, 0.1) is 0 Å². The van der Waals surface area contributed by atoms with Crippen molar-refractivity contribution in [1.82, 2.24) is 0 Å². The first-order valence-corrected chi connectivity index (χ1v) is 6.05. The number of anilines is 2. The molecule has 0 aromatic heterocycles. The molecule has 1 unspecified atom stereocenters. The van der Waals surface area contributed by atoms with Gasteiger partial charge in [0.1, 0.15) is 0 Å². The summed E-state index contributed by atoms with van der Waals surface area (Å²) in [4.78, 5) is 13.3. The number of aromatic carboxylic acids is 1. The van der Waals surface area contributed by atoms with E-state index >= 15 is 0 Å². The van der Waals surface area contributed by atoms with Gasteiger partial charge in [0.05, 0.1) is 29.5 Å². The minimum absolute atomic E-state index is 0.0815. The van der Waals surface area contributed by atoms with Gasteiger partial charge in [0.25, 0.3) is 0 Å². The van der Waals surface area contributed by atoms with Crippen LogP contribution in [-0.2, 0) is 4.74 Å². The second-order valence-corrected chi connectivity index (χ2v) is 4.73. The Labute approximate surface area is 110 Å². The third-order valence-electron chi connectivity index (χ3n) is 2.97. The standard InChI is InChI=1S/C12H15ClN2O3/c1-7-6-18-3-2-15(7)11-9(12(16)17)4-8(14)5-10(11)13/h4-5,7H,2-3,6,14H2,1H3,(H,16,17). The second kappa shape index (κ2) is 5.04. The number of hydrogen-bond acceptors (Lipinski definition) is 4. The molecule has 1 aromatic carbocycles. The number of nitrogens with zero attached hydrogens (tertiary/aromatic N) is 1. The molecule has 0 aliphatic carbocycles. The molecule has 0 saturated carbocycles. The summed E-state index contributed by atoms with van der Waals surface area (Å²) < 4.78 is 5.34. The Morgan fingerprint density at radius 2 is 2.33 bits per heavy atom. The van der Waals surface area contributed by atoms with E-state index in [1.165, 1.54) is 6.07 Å². The van der Waals surface area contributed by atoms with Crippen LogP contribution in [-0.4, -0.2) is 36.9 Å². The molecule has 6 heteroatoms. The van der Waals surface area contributed by atoms with Gasteiger partial charge in [0.2, 0.25) is 0 Å². The van der Waals surface area contributed by atoms with Gasteiger partial charge in [-0.3, -0.25) is 0 Å². The molecule has 1 atom stereocenters. The molecule has 0 amide bonds. The molecule has 0 bridgehead atoms. The summed E-state index contributed by atoms with van der Waals surface area (Å²) in [6.45, 7) is 3.70. The number of carbonyl (C=O) groups is 1. The van der Waals surface area contributed by atoms with Crippen molar-refractivity contribution in [2.24, 2.45) is 0 Å². The van der Waals surface area contributed by atoms with E-state index in [2.05, 4.69) is 0 Å². The van der Waals surface area contributed by atoms with Gasteiger partial charge in [-0.05, 0) is 19.1 Å². The molecule has 3 N–H and O–H groups in total. The largest absolute Gasteiger partial charge is 0.478 e. The highest BCUT2D eigenvalue weighted by atomic mass is 35.5. The van der Waals surface area contributed by atoms with Gasteiger partial charge < -0.3 is 20.5 Å². The normalized spacial score (nSPS) is 19.9. The number of benzene rings is 1. The van der Waals surface area contributed by atoms with E-state index in [0.717, 1.165) is 0 Å². The van der Waals surface area contributed by atoms with Gasteiger partial charge in [-0.25, -0.2) is 4.79 Å². The first kappa shape index (κ1) is 13.0. The molecule has 1 aliphatic heterocycles. The maximum atomic E-state index is 11.3. The molecule has 98 valence electrons. The van der Waals surface area contributed by atoms with Crippen molar-refractivity contribution in [3.8, 4) is 0 Å². The SMILES string of the molecule is CC1COCCN1c1c(Cl)cc(N)cc1C(=O)O. The Morgan fingerprint density at radius 1 is 1.61 bits per heavy atom. The number of ether oxygens (including phenoxy) is 1. The number of hydrogen-bond donors (Lipinski definition) is 2. The lowest BCUT2D eigenvalue weighted by molar-refractivity contribution is 0.0695. The summed E-state index contributed by atoms with van der Waals surface area (Å²) in [7, 11) is 0. The fourth-order valence-electron chi connectivity index (χ4n) is 2.13. The third-order valence-corrected chi connectivity index (χ3v) is 3.26. The number of morpholine rings is 1. The van der Waals surface area contributed by atoms with Crippen LogP contribution in [0.25, 0.3) is 0 Å². The zero-order valence-corrected chi connectivity index (χ0v) is 10.8. The quantitative estimate of drug-likeness (QED) is 0.802. The van der Waals surface area contributed by atoms with E-state index in [9.17, 15) is 9.90 Å². The molecule has 0 spiro atoms. The van der Waals surface area contributed by atoms with Crippen LogP contribution >= 0.6 is 11.6 Å². The van der Waals surface area contributed by atoms with Crippen LogP contribution in [0.5, 0.6) is 0 Å².